The lowest BCUT2D eigenvalue weighted by Gasteiger charge is -2.40. The van der Waals surface area contributed by atoms with Crippen molar-refractivity contribution in [1.29, 1.82) is 0 Å². The van der Waals surface area contributed by atoms with E-state index in [1.807, 2.05) is 50.2 Å². The Hall–Kier alpha value is -1.62. The molecule has 1 amide bonds. The van der Waals surface area contributed by atoms with Crippen molar-refractivity contribution in [2.75, 3.05) is 19.6 Å². The summed E-state index contributed by atoms with van der Waals surface area (Å²) in [6, 6.07) is 4.23. The fourth-order valence-corrected chi connectivity index (χ4v) is 2.51. The van der Waals surface area contributed by atoms with Crippen molar-refractivity contribution in [2.45, 2.75) is 45.9 Å². The number of carbonyl (C=O) groups is 1. The molecule has 0 spiro atoms. The van der Waals surface area contributed by atoms with Crippen LogP contribution in [0.4, 0.5) is 4.79 Å². The van der Waals surface area contributed by atoms with E-state index in [9.17, 15) is 4.79 Å². The zero-order valence-corrected chi connectivity index (χ0v) is 13.4. The average Bonchev–Trinajstić information content (AvgIpc) is 2.37. The number of rotatable bonds is 2. The maximum atomic E-state index is 12.2. The maximum absolute atomic E-state index is 12.2. The van der Waals surface area contributed by atoms with Crippen LogP contribution < -0.4 is 0 Å². The maximum Gasteiger partial charge on any atom is 0.410 e. The van der Waals surface area contributed by atoms with Crippen LogP contribution in [0, 0.1) is 0 Å². The van der Waals surface area contributed by atoms with Gasteiger partial charge in [-0.3, -0.25) is 9.88 Å². The Labute approximate surface area is 126 Å². The summed E-state index contributed by atoms with van der Waals surface area (Å²) in [7, 11) is 0. The van der Waals surface area contributed by atoms with Gasteiger partial charge in [0.05, 0.1) is 0 Å². The van der Waals surface area contributed by atoms with Gasteiger partial charge in [-0.05, 0) is 45.4 Å². The molecular weight excluding hydrogens is 266 g/mol. The van der Waals surface area contributed by atoms with E-state index < -0.39 is 5.60 Å². The van der Waals surface area contributed by atoms with E-state index >= 15 is 0 Å². The topological polar surface area (TPSA) is 45.7 Å². The molecule has 1 aliphatic heterocycles. The fraction of sp³-hybridized carbons (Fsp3) is 0.625. The van der Waals surface area contributed by atoms with E-state index in [0.29, 0.717) is 6.54 Å². The molecule has 0 aliphatic carbocycles. The Morgan fingerprint density at radius 1 is 1.33 bits per heavy atom. The van der Waals surface area contributed by atoms with E-state index in [0.717, 1.165) is 19.6 Å². The van der Waals surface area contributed by atoms with Crippen LogP contribution in [0.5, 0.6) is 0 Å². The minimum atomic E-state index is -0.440. The van der Waals surface area contributed by atoms with Gasteiger partial charge < -0.3 is 9.64 Å². The number of carbonyl (C=O) groups excluding carboxylic acids is 1. The first-order chi connectivity index (χ1) is 9.85. The highest BCUT2D eigenvalue weighted by Crippen LogP contribution is 2.17. The number of amides is 1. The number of nitrogens with zero attached hydrogens (tertiary/aromatic N) is 3. The third kappa shape index (κ3) is 4.70. The van der Waals surface area contributed by atoms with Crippen LogP contribution >= 0.6 is 0 Å². The van der Waals surface area contributed by atoms with E-state index in [4.69, 9.17) is 4.74 Å². The molecule has 0 saturated carbocycles. The molecule has 2 heterocycles. The predicted molar refractivity (Wildman–Crippen MR) is 81.9 cm³/mol. The first-order valence-corrected chi connectivity index (χ1v) is 7.46. The zero-order chi connectivity index (χ0) is 15.5. The second-order valence-corrected chi connectivity index (χ2v) is 6.61. The third-order valence-corrected chi connectivity index (χ3v) is 3.50. The molecule has 1 fully saturated rings. The lowest BCUT2D eigenvalue weighted by Crippen LogP contribution is -2.54. The lowest BCUT2D eigenvalue weighted by molar-refractivity contribution is 0.000562. The van der Waals surface area contributed by atoms with Gasteiger partial charge in [0.25, 0.3) is 0 Å². The van der Waals surface area contributed by atoms with E-state index in [1.54, 1.807) is 0 Å². The summed E-state index contributed by atoms with van der Waals surface area (Å²) >= 11 is 0. The minimum Gasteiger partial charge on any atom is -0.444 e. The Bertz CT molecular complexity index is 470. The summed E-state index contributed by atoms with van der Waals surface area (Å²) in [6.07, 6.45) is 3.42. The number of ether oxygens (including phenoxy) is 1. The van der Waals surface area contributed by atoms with Gasteiger partial charge in [0.2, 0.25) is 0 Å². The van der Waals surface area contributed by atoms with Crippen molar-refractivity contribution in [3.05, 3.63) is 30.1 Å². The predicted octanol–water partition coefficient (Wildman–Crippen LogP) is 2.52. The van der Waals surface area contributed by atoms with Gasteiger partial charge >= 0.3 is 6.09 Å². The van der Waals surface area contributed by atoms with Crippen LogP contribution in [0.15, 0.2) is 24.5 Å². The molecule has 5 nitrogen and oxygen atoms in total. The molecule has 1 aromatic heterocycles. The second kappa shape index (κ2) is 6.43. The monoisotopic (exact) mass is 291 g/mol. The molecule has 0 radical (unpaired) electrons. The van der Waals surface area contributed by atoms with Gasteiger partial charge in [-0.15, -0.1) is 0 Å². The molecule has 116 valence electrons. The molecule has 0 aromatic carbocycles. The van der Waals surface area contributed by atoms with E-state index in [2.05, 4.69) is 16.8 Å². The molecule has 5 heteroatoms. The Morgan fingerprint density at radius 2 is 2.00 bits per heavy atom. The van der Waals surface area contributed by atoms with Crippen molar-refractivity contribution >= 4 is 6.09 Å². The lowest BCUT2D eigenvalue weighted by atomic mass is 10.1. The van der Waals surface area contributed by atoms with E-state index in [1.165, 1.54) is 5.56 Å². The quantitative estimate of drug-likeness (QED) is 0.840. The van der Waals surface area contributed by atoms with Crippen LogP contribution in [0.2, 0.25) is 0 Å². The number of hydrogen-bond acceptors (Lipinski definition) is 4. The molecule has 1 saturated heterocycles. The zero-order valence-electron chi connectivity index (χ0n) is 13.4. The summed E-state index contributed by atoms with van der Waals surface area (Å²) in [6.45, 7) is 11.1. The Morgan fingerprint density at radius 3 is 2.57 bits per heavy atom. The van der Waals surface area contributed by atoms with Crippen molar-refractivity contribution in [3.8, 4) is 0 Å². The van der Waals surface area contributed by atoms with Crippen molar-refractivity contribution in [2.24, 2.45) is 0 Å². The number of pyridine rings is 1. The van der Waals surface area contributed by atoms with Gasteiger partial charge in [-0.25, -0.2) is 4.79 Å². The summed E-state index contributed by atoms with van der Waals surface area (Å²) < 4.78 is 5.46. The summed E-state index contributed by atoms with van der Waals surface area (Å²) in [5.74, 6) is 0. The molecule has 0 bridgehead atoms. The normalized spacial score (nSPS) is 20.4. The highest BCUT2D eigenvalue weighted by molar-refractivity contribution is 5.68. The average molecular weight is 291 g/mol. The van der Waals surface area contributed by atoms with Crippen LogP contribution in [0.3, 0.4) is 0 Å². The van der Waals surface area contributed by atoms with Crippen LogP contribution in [-0.2, 0) is 11.3 Å². The fourth-order valence-electron chi connectivity index (χ4n) is 2.51. The Balaban J connectivity index is 1.89. The van der Waals surface area contributed by atoms with Gasteiger partial charge in [0, 0.05) is 44.6 Å². The van der Waals surface area contributed by atoms with Crippen LogP contribution in [-0.4, -0.2) is 52.2 Å². The molecule has 2 rings (SSSR count). The van der Waals surface area contributed by atoms with E-state index in [-0.39, 0.29) is 12.1 Å². The van der Waals surface area contributed by atoms with Crippen LogP contribution in [0.25, 0.3) is 0 Å². The third-order valence-electron chi connectivity index (χ3n) is 3.50. The number of hydrogen-bond donors (Lipinski definition) is 0. The second-order valence-electron chi connectivity index (χ2n) is 6.61. The first kappa shape index (κ1) is 15.8. The molecular formula is C16H25N3O2. The molecule has 1 aromatic rings. The van der Waals surface area contributed by atoms with Gasteiger partial charge in [-0.1, -0.05) is 0 Å². The standard InChI is InChI=1S/C16H25N3O2/c1-13-11-18(12-14-5-7-17-8-6-14)9-10-19(13)15(20)21-16(2,3)4/h5-8,13H,9-12H2,1-4H3/t13-/m0/s1. The van der Waals surface area contributed by atoms with Crippen molar-refractivity contribution < 1.29 is 9.53 Å². The smallest absolute Gasteiger partial charge is 0.410 e. The van der Waals surface area contributed by atoms with Gasteiger partial charge in [0.15, 0.2) is 0 Å². The largest absolute Gasteiger partial charge is 0.444 e. The van der Waals surface area contributed by atoms with Crippen LogP contribution in [0.1, 0.15) is 33.3 Å². The summed E-state index contributed by atoms with van der Waals surface area (Å²) in [4.78, 5) is 20.4. The summed E-state index contributed by atoms with van der Waals surface area (Å²) in [5, 5.41) is 0. The number of aromatic nitrogens is 1. The van der Waals surface area contributed by atoms with Crippen molar-refractivity contribution in [3.63, 3.8) is 0 Å². The first-order valence-electron chi connectivity index (χ1n) is 7.46. The number of piperazine rings is 1. The minimum absolute atomic E-state index is 0.162. The van der Waals surface area contributed by atoms with Crippen molar-refractivity contribution in [1.82, 2.24) is 14.8 Å². The molecule has 0 unspecified atom stereocenters. The molecule has 1 aliphatic rings. The van der Waals surface area contributed by atoms with Gasteiger partial charge in [-0.2, -0.15) is 0 Å². The molecule has 0 N–H and O–H groups in total. The highest BCUT2D eigenvalue weighted by atomic mass is 16.6. The highest BCUT2D eigenvalue weighted by Gasteiger charge is 2.30. The molecule has 21 heavy (non-hydrogen) atoms. The van der Waals surface area contributed by atoms with Gasteiger partial charge in [0.1, 0.15) is 5.60 Å². The SMILES string of the molecule is C[C@H]1CN(Cc2ccncc2)CCN1C(=O)OC(C)(C)C. The molecule has 1 atom stereocenters. The Kier molecular flexibility index (Phi) is 4.83. The summed E-state index contributed by atoms with van der Waals surface area (Å²) in [5.41, 5.74) is 0.813.